The quantitative estimate of drug-likeness (QED) is 0.0899. The molecule has 10 nitrogen and oxygen atoms in total. The number of Topliss-reactive ketones (excluding diaryl/α,β-unsaturated/α-hetero) is 1. The number of anilines is 1. The number of carbonyl (C=O) groups excluding carboxylic acids is 1. The van der Waals surface area contributed by atoms with Gasteiger partial charge in [0, 0.05) is 5.92 Å². The number of nitrogens with zero attached hydrogens (tertiary/aromatic N) is 4. The molecular weight excluding hydrogens is 775 g/mol. The molecule has 1 aliphatic rings. The fourth-order valence-corrected chi connectivity index (χ4v) is 8.34. The van der Waals surface area contributed by atoms with Gasteiger partial charge in [-0.1, -0.05) is 164 Å². The van der Waals surface area contributed by atoms with Gasteiger partial charge in [-0.05, 0) is 51.9 Å². The van der Waals surface area contributed by atoms with E-state index >= 15 is 0 Å². The maximum absolute atomic E-state index is 14.7. The van der Waals surface area contributed by atoms with Gasteiger partial charge in [0.25, 0.3) is 0 Å². The van der Waals surface area contributed by atoms with E-state index in [9.17, 15) is 4.79 Å². The van der Waals surface area contributed by atoms with E-state index in [0.29, 0.717) is 37.4 Å². The molecule has 9 rings (SSSR count). The van der Waals surface area contributed by atoms with Crippen molar-refractivity contribution in [2.45, 2.75) is 43.9 Å². The smallest absolute Gasteiger partial charge is 0.247 e. The Morgan fingerprint density at radius 1 is 0.645 bits per heavy atom. The van der Waals surface area contributed by atoms with Crippen molar-refractivity contribution in [2.75, 3.05) is 19.0 Å². The fraction of sp³-hybridized carbons (Fsp3) is 0.192. The first-order valence-electron chi connectivity index (χ1n) is 20.8. The monoisotopic (exact) mass is 821 g/mol. The minimum absolute atomic E-state index is 0.0606. The SMILES string of the molecule is COc1ccc(C(Nc2nc(OCc3ccccc3)c3ncn([C@H]4C[C@@H](COCc5ccccc5)[C@H](OCc5ccccc5)C4=O)c3n2)(c2ccccc2)c2ccccc2)cc1. The number of nitrogens with one attached hydrogen (secondary N) is 1. The molecule has 1 fully saturated rings. The summed E-state index contributed by atoms with van der Waals surface area (Å²) in [7, 11) is 1.66. The van der Waals surface area contributed by atoms with Crippen LogP contribution >= 0.6 is 0 Å². The number of fused-ring (bicyclic) bond motifs is 1. The largest absolute Gasteiger partial charge is 0.497 e. The molecule has 0 amide bonds. The predicted molar refractivity (Wildman–Crippen MR) is 239 cm³/mol. The van der Waals surface area contributed by atoms with Crippen molar-refractivity contribution in [1.29, 1.82) is 0 Å². The van der Waals surface area contributed by atoms with Gasteiger partial charge in [0.15, 0.2) is 16.9 Å². The number of imidazole rings is 1. The molecule has 6 aromatic carbocycles. The molecule has 1 saturated carbocycles. The second-order valence-electron chi connectivity index (χ2n) is 15.4. The van der Waals surface area contributed by atoms with E-state index in [1.807, 2.05) is 156 Å². The first-order valence-corrected chi connectivity index (χ1v) is 20.8. The summed E-state index contributed by atoms with van der Waals surface area (Å²) in [6.07, 6.45) is 1.43. The highest BCUT2D eigenvalue weighted by molar-refractivity contribution is 5.91. The normalized spacial score (nSPS) is 16.3. The Morgan fingerprint density at radius 3 is 1.76 bits per heavy atom. The zero-order valence-corrected chi connectivity index (χ0v) is 34.4. The summed E-state index contributed by atoms with van der Waals surface area (Å²) < 4.78 is 26.7. The summed E-state index contributed by atoms with van der Waals surface area (Å²) in [6, 6.07) is 57.7. The van der Waals surface area contributed by atoms with E-state index in [4.69, 9.17) is 33.9 Å². The molecule has 310 valence electrons. The highest BCUT2D eigenvalue weighted by Gasteiger charge is 2.45. The first-order chi connectivity index (χ1) is 30.6. The van der Waals surface area contributed by atoms with Crippen LogP contribution in [0.25, 0.3) is 11.2 Å². The molecule has 2 heterocycles. The van der Waals surface area contributed by atoms with Crippen LogP contribution in [0.15, 0.2) is 182 Å². The molecule has 10 heteroatoms. The number of hydrogen-bond acceptors (Lipinski definition) is 9. The number of carbonyl (C=O) groups is 1. The van der Waals surface area contributed by atoms with E-state index < -0.39 is 17.7 Å². The number of rotatable bonds is 17. The van der Waals surface area contributed by atoms with Crippen LogP contribution in [0, 0.1) is 5.92 Å². The third-order valence-corrected chi connectivity index (χ3v) is 11.5. The summed E-state index contributed by atoms with van der Waals surface area (Å²) in [5.41, 5.74) is 5.80. The lowest BCUT2D eigenvalue weighted by Gasteiger charge is -2.37. The maximum Gasteiger partial charge on any atom is 0.247 e. The molecule has 0 aliphatic heterocycles. The van der Waals surface area contributed by atoms with Crippen LogP contribution < -0.4 is 14.8 Å². The molecule has 0 unspecified atom stereocenters. The number of methoxy groups -OCH3 is 1. The average Bonchev–Trinajstić information content (AvgIpc) is 3.90. The Balaban J connectivity index is 1.13. The van der Waals surface area contributed by atoms with Crippen LogP contribution in [0.2, 0.25) is 0 Å². The molecule has 3 atom stereocenters. The molecule has 0 saturated heterocycles. The van der Waals surface area contributed by atoms with Gasteiger partial charge in [-0.25, -0.2) is 4.98 Å². The Labute approximate surface area is 361 Å². The third-order valence-electron chi connectivity index (χ3n) is 11.5. The molecular formula is C52H47N5O5. The zero-order chi connectivity index (χ0) is 42.1. The Kier molecular flexibility index (Phi) is 12.1. The molecule has 1 N–H and O–H groups in total. The minimum Gasteiger partial charge on any atom is -0.497 e. The predicted octanol–water partition coefficient (Wildman–Crippen LogP) is 9.75. The second kappa shape index (κ2) is 18.6. The Bertz CT molecular complexity index is 2640. The van der Waals surface area contributed by atoms with Crippen LogP contribution in [0.4, 0.5) is 5.95 Å². The molecule has 0 radical (unpaired) electrons. The number of ketones is 1. The van der Waals surface area contributed by atoms with Crippen molar-refractivity contribution in [2.24, 2.45) is 5.92 Å². The first kappa shape index (κ1) is 40.3. The summed E-state index contributed by atoms with van der Waals surface area (Å²) in [5, 5.41) is 3.81. The zero-order valence-electron chi connectivity index (χ0n) is 34.4. The summed E-state index contributed by atoms with van der Waals surface area (Å²) in [5.74, 6) is 1.03. The molecule has 1 aliphatic carbocycles. The lowest BCUT2D eigenvalue weighted by Crippen LogP contribution is -2.38. The van der Waals surface area contributed by atoms with Gasteiger partial charge in [-0.15, -0.1) is 0 Å². The molecule has 0 spiro atoms. The van der Waals surface area contributed by atoms with Gasteiger partial charge in [0.2, 0.25) is 11.8 Å². The maximum atomic E-state index is 14.7. The van der Waals surface area contributed by atoms with E-state index in [-0.39, 0.29) is 30.1 Å². The highest BCUT2D eigenvalue weighted by Crippen LogP contribution is 2.42. The fourth-order valence-electron chi connectivity index (χ4n) is 8.34. The number of ether oxygens (including phenoxy) is 4. The van der Waals surface area contributed by atoms with Gasteiger partial charge in [0.1, 0.15) is 24.0 Å². The van der Waals surface area contributed by atoms with Gasteiger partial charge in [-0.2, -0.15) is 9.97 Å². The van der Waals surface area contributed by atoms with Crippen molar-refractivity contribution in [3.8, 4) is 11.6 Å². The van der Waals surface area contributed by atoms with Crippen molar-refractivity contribution >= 4 is 22.9 Å². The van der Waals surface area contributed by atoms with E-state index in [0.717, 1.165) is 39.1 Å². The summed E-state index contributed by atoms with van der Waals surface area (Å²) >= 11 is 0. The standard InChI is InChI=1S/C52H47N5O5/c1-59-44-29-27-43(28-30-44)52(41-23-13-5-14-24-41,42-25-15-6-16-26-42)56-51-54-49-46(50(55-51)62-34-39-21-11-4-12-22-39)53-36-57(49)45-31-40(35-60-32-37-17-7-2-8-18-37)48(47(45)58)61-33-38-19-9-3-10-20-38/h2-30,36,40,45,48H,31-35H2,1H3,(H,54,55,56)/t40-,45-,48-/m0/s1. The van der Waals surface area contributed by atoms with Gasteiger partial charge >= 0.3 is 0 Å². The van der Waals surface area contributed by atoms with Crippen LogP contribution in [0.3, 0.4) is 0 Å². The summed E-state index contributed by atoms with van der Waals surface area (Å²) in [4.78, 5) is 29.8. The van der Waals surface area contributed by atoms with Crippen LogP contribution in [0.1, 0.15) is 45.8 Å². The van der Waals surface area contributed by atoms with E-state index in [1.165, 1.54) is 0 Å². The lowest BCUT2D eigenvalue weighted by molar-refractivity contribution is -0.133. The van der Waals surface area contributed by atoms with Crippen LogP contribution in [0.5, 0.6) is 11.6 Å². The Hall–Kier alpha value is -7.14. The topological polar surface area (TPSA) is 110 Å². The number of hydrogen-bond donors (Lipinski definition) is 1. The van der Waals surface area contributed by atoms with E-state index in [2.05, 4.69) is 29.6 Å². The average molecular weight is 822 g/mol. The molecule has 0 bridgehead atoms. The third kappa shape index (κ3) is 8.56. The minimum atomic E-state index is -0.981. The lowest BCUT2D eigenvalue weighted by atomic mass is 9.77. The van der Waals surface area contributed by atoms with Crippen molar-refractivity contribution in [1.82, 2.24) is 19.5 Å². The van der Waals surface area contributed by atoms with Gasteiger partial charge in [0.05, 0.1) is 39.3 Å². The van der Waals surface area contributed by atoms with Crippen molar-refractivity contribution in [3.63, 3.8) is 0 Å². The van der Waals surface area contributed by atoms with Gasteiger partial charge in [-0.3, -0.25) is 4.79 Å². The molecule has 2 aromatic heterocycles. The van der Waals surface area contributed by atoms with Gasteiger partial charge < -0.3 is 28.8 Å². The summed E-state index contributed by atoms with van der Waals surface area (Å²) in [6.45, 7) is 1.32. The Morgan fingerprint density at radius 2 is 1.18 bits per heavy atom. The van der Waals surface area contributed by atoms with Crippen LogP contribution in [-0.2, 0) is 39.6 Å². The number of benzene rings is 6. The highest BCUT2D eigenvalue weighted by atomic mass is 16.5. The molecule has 8 aromatic rings. The van der Waals surface area contributed by atoms with E-state index in [1.54, 1.807) is 13.4 Å². The van der Waals surface area contributed by atoms with Crippen molar-refractivity contribution in [3.05, 3.63) is 216 Å². The molecule has 62 heavy (non-hydrogen) atoms. The second-order valence-corrected chi connectivity index (χ2v) is 15.4. The number of aromatic nitrogens is 4. The van der Waals surface area contributed by atoms with Crippen molar-refractivity contribution < 1.29 is 23.7 Å². The van der Waals surface area contributed by atoms with Crippen LogP contribution in [-0.4, -0.2) is 45.1 Å².